The number of amides is 3. The second kappa shape index (κ2) is 6.79. The fourth-order valence-corrected chi connectivity index (χ4v) is 2.71. The van der Waals surface area contributed by atoms with Crippen LogP contribution in [-0.2, 0) is 4.79 Å². The van der Waals surface area contributed by atoms with E-state index in [-0.39, 0.29) is 18.0 Å². The first-order valence-corrected chi connectivity index (χ1v) is 7.91. The summed E-state index contributed by atoms with van der Waals surface area (Å²) in [4.78, 5) is 30.0. The highest BCUT2D eigenvalue weighted by Crippen LogP contribution is 2.13. The number of benzene rings is 1. The molecule has 1 fully saturated rings. The van der Waals surface area contributed by atoms with Gasteiger partial charge >= 0.3 is 6.03 Å². The third kappa shape index (κ3) is 3.28. The maximum absolute atomic E-state index is 11.9. The molecule has 3 rings (SSSR count). The lowest BCUT2D eigenvalue weighted by molar-refractivity contribution is -0.917. The smallest absolute Gasteiger partial charge is 0.328 e. The Bertz CT molecular complexity index is 697. The van der Waals surface area contributed by atoms with Gasteiger partial charge in [0.05, 0.1) is 12.7 Å². The summed E-state index contributed by atoms with van der Waals surface area (Å²) in [5.41, 5.74) is 2.06. The molecule has 1 aromatic carbocycles. The van der Waals surface area contributed by atoms with Gasteiger partial charge in [0.2, 0.25) is 5.91 Å². The number of urea groups is 1. The van der Waals surface area contributed by atoms with Crippen molar-refractivity contribution in [3.05, 3.63) is 42.5 Å². The van der Waals surface area contributed by atoms with Gasteiger partial charge in [0.25, 0.3) is 0 Å². The van der Waals surface area contributed by atoms with E-state index in [1.807, 2.05) is 31.3 Å². The molecule has 1 saturated heterocycles. The number of imide groups is 1. The Morgan fingerprint density at radius 3 is 2.67 bits per heavy atom. The summed E-state index contributed by atoms with van der Waals surface area (Å²) >= 11 is 0. The van der Waals surface area contributed by atoms with E-state index < -0.39 is 0 Å². The summed E-state index contributed by atoms with van der Waals surface area (Å²) < 4.78 is 1.70. The third-order valence-corrected chi connectivity index (χ3v) is 4.38. The Balaban J connectivity index is 1.68. The van der Waals surface area contributed by atoms with Crippen molar-refractivity contribution >= 4 is 11.9 Å². The van der Waals surface area contributed by atoms with Gasteiger partial charge in [-0.1, -0.05) is 12.1 Å². The number of nitrogens with zero attached hydrogens (tertiary/aromatic N) is 4. The van der Waals surface area contributed by atoms with E-state index in [2.05, 4.69) is 22.3 Å². The lowest BCUT2D eigenvalue weighted by atomic mass is 10.1. The molecule has 1 aliphatic heterocycles. The van der Waals surface area contributed by atoms with Crippen molar-refractivity contribution in [2.45, 2.75) is 19.4 Å². The minimum Gasteiger partial charge on any atom is -0.337 e. The zero-order chi connectivity index (χ0) is 17.1. The molecule has 1 aliphatic rings. The number of nitrogens with one attached hydrogen (secondary N) is 2. The summed E-state index contributed by atoms with van der Waals surface area (Å²) in [6.07, 6.45) is 3.51. The second-order valence-corrected chi connectivity index (χ2v) is 5.96. The second-order valence-electron chi connectivity index (χ2n) is 5.96. The predicted octanol–water partition coefficient (Wildman–Crippen LogP) is -0.258. The van der Waals surface area contributed by atoms with Gasteiger partial charge in [-0.2, -0.15) is 5.10 Å². The molecular weight excluding hydrogens is 308 g/mol. The largest absolute Gasteiger partial charge is 0.337 e. The normalized spacial score (nSPS) is 17.5. The zero-order valence-electron chi connectivity index (χ0n) is 13.8. The fraction of sp³-hybridized carbons (Fsp3) is 0.375. The van der Waals surface area contributed by atoms with Crippen LogP contribution in [0.2, 0.25) is 0 Å². The van der Waals surface area contributed by atoms with E-state index in [1.165, 1.54) is 11.2 Å². The summed E-state index contributed by atoms with van der Waals surface area (Å²) in [6.45, 7) is 2.84. The highest BCUT2D eigenvalue weighted by molar-refractivity contribution is 5.96. The van der Waals surface area contributed by atoms with Gasteiger partial charge in [0.15, 0.2) is 6.67 Å². The van der Waals surface area contributed by atoms with Gasteiger partial charge in [-0.15, -0.1) is 0 Å². The van der Waals surface area contributed by atoms with E-state index in [4.69, 9.17) is 0 Å². The van der Waals surface area contributed by atoms with Crippen molar-refractivity contribution in [3.63, 3.8) is 0 Å². The van der Waals surface area contributed by atoms with E-state index in [0.29, 0.717) is 19.6 Å². The minimum absolute atomic E-state index is 0.119. The molecule has 0 radical (unpaired) electrons. The SMILES string of the molecule is C[C@@H](c1ccc(-n2cncn2)cc1)[NH+](C)CN1C(=O)CCNC1=O. The van der Waals surface area contributed by atoms with Crippen LogP contribution in [0.1, 0.15) is 24.9 Å². The van der Waals surface area contributed by atoms with Crippen molar-refractivity contribution in [1.82, 2.24) is 25.0 Å². The molecule has 2 atom stereocenters. The first-order chi connectivity index (χ1) is 11.6. The Hall–Kier alpha value is -2.74. The summed E-state index contributed by atoms with van der Waals surface area (Å²) in [6, 6.07) is 7.85. The number of rotatable bonds is 5. The fourth-order valence-electron chi connectivity index (χ4n) is 2.71. The third-order valence-electron chi connectivity index (χ3n) is 4.38. The van der Waals surface area contributed by atoms with Gasteiger partial charge < -0.3 is 10.2 Å². The van der Waals surface area contributed by atoms with Gasteiger partial charge in [-0.3, -0.25) is 4.79 Å². The predicted molar refractivity (Wildman–Crippen MR) is 86.4 cm³/mol. The summed E-state index contributed by atoms with van der Waals surface area (Å²) in [5, 5.41) is 6.81. The Morgan fingerprint density at radius 1 is 1.29 bits per heavy atom. The number of hydrogen-bond donors (Lipinski definition) is 2. The van der Waals surface area contributed by atoms with Crippen LogP contribution in [0.5, 0.6) is 0 Å². The molecule has 2 aromatic rings. The van der Waals surface area contributed by atoms with Crippen LogP contribution >= 0.6 is 0 Å². The minimum atomic E-state index is -0.306. The zero-order valence-corrected chi connectivity index (χ0v) is 13.8. The van der Waals surface area contributed by atoms with Crippen LogP contribution in [0.25, 0.3) is 5.69 Å². The molecule has 1 unspecified atom stereocenters. The lowest BCUT2D eigenvalue weighted by Crippen LogP contribution is -3.11. The highest BCUT2D eigenvalue weighted by atomic mass is 16.2. The number of aromatic nitrogens is 3. The molecule has 0 saturated carbocycles. The van der Waals surface area contributed by atoms with Gasteiger partial charge in [0.1, 0.15) is 18.7 Å². The molecular formula is C16H21N6O2+. The van der Waals surface area contributed by atoms with Gasteiger partial charge in [0, 0.05) is 18.5 Å². The maximum Gasteiger partial charge on any atom is 0.328 e. The van der Waals surface area contributed by atoms with Crippen molar-refractivity contribution in [3.8, 4) is 5.69 Å². The van der Waals surface area contributed by atoms with Crippen LogP contribution in [0.3, 0.4) is 0 Å². The maximum atomic E-state index is 11.9. The van der Waals surface area contributed by atoms with Gasteiger partial charge in [-0.05, 0) is 19.1 Å². The highest BCUT2D eigenvalue weighted by Gasteiger charge is 2.29. The molecule has 3 amide bonds. The molecule has 0 bridgehead atoms. The first-order valence-electron chi connectivity index (χ1n) is 7.91. The first kappa shape index (κ1) is 16.1. The van der Waals surface area contributed by atoms with Gasteiger partial charge in [-0.25, -0.2) is 19.4 Å². The van der Waals surface area contributed by atoms with Crippen molar-refractivity contribution in [2.24, 2.45) is 0 Å². The van der Waals surface area contributed by atoms with E-state index in [1.54, 1.807) is 11.0 Å². The molecule has 1 aromatic heterocycles. The number of quaternary nitrogens is 1. The number of hydrogen-bond acceptors (Lipinski definition) is 4. The van der Waals surface area contributed by atoms with E-state index in [0.717, 1.165) is 16.2 Å². The average Bonchev–Trinajstić information content (AvgIpc) is 3.12. The molecule has 8 heteroatoms. The number of carbonyl (C=O) groups excluding carboxylic acids is 2. The van der Waals surface area contributed by atoms with Crippen LogP contribution in [-0.4, -0.2) is 51.9 Å². The topological polar surface area (TPSA) is 84.6 Å². The Labute approximate surface area is 140 Å². The van der Waals surface area contributed by atoms with Crippen LogP contribution < -0.4 is 10.2 Å². The average molecular weight is 329 g/mol. The van der Waals surface area contributed by atoms with Crippen LogP contribution in [0, 0.1) is 0 Å². The Morgan fingerprint density at radius 2 is 2.04 bits per heavy atom. The van der Waals surface area contributed by atoms with Crippen molar-refractivity contribution in [2.75, 3.05) is 20.3 Å². The van der Waals surface area contributed by atoms with E-state index >= 15 is 0 Å². The molecule has 0 spiro atoms. The van der Waals surface area contributed by atoms with Crippen molar-refractivity contribution in [1.29, 1.82) is 0 Å². The van der Waals surface area contributed by atoms with Crippen LogP contribution in [0.15, 0.2) is 36.9 Å². The van der Waals surface area contributed by atoms with Crippen molar-refractivity contribution < 1.29 is 14.5 Å². The molecule has 2 heterocycles. The standard InChI is InChI=1S/C16H20N6O2/c1-12(20(2)11-21-15(23)7-8-18-16(21)24)13-3-5-14(6-4-13)22-10-17-9-19-22/h3-6,9-10,12H,7-8,11H2,1-2H3,(H,18,24)/p+1/t12-/m0/s1. The summed E-state index contributed by atoms with van der Waals surface area (Å²) in [5.74, 6) is -0.119. The summed E-state index contributed by atoms with van der Waals surface area (Å²) in [7, 11) is 1.98. The molecule has 24 heavy (non-hydrogen) atoms. The lowest BCUT2D eigenvalue weighted by Gasteiger charge is -2.30. The molecule has 0 aliphatic carbocycles. The molecule has 126 valence electrons. The molecule has 2 N–H and O–H groups in total. The molecule has 8 nitrogen and oxygen atoms in total. The van der Waals surface area contributed by atoms with Crippen LogP contribution in [0.4, 0.5) is 4.79 Å². The van der Waals surface area contributed by atoms with E-state index in [9.17, 15) is 9.59 Å². The number of carbonyl (C=O) groups is 2. The Kier molecular flexibility index (Phi) is 4.57. The quantitative estimate of drug-likeness (QED) is 0.792. The monoisotopic (exact) mass is 329 g/mol.